The zero-order valence-corrected chi connectivity index (χ0v) is 8.48. The molecule has 0 aliphatic rings. The van der Waals surface area contributed by atoms with Gasteiger partial charge >= 0.3 is 5.97 Å². The van der Waals surface area contributed by atoms with Gasteiger partial charge in [0.05, 0.1) is 18.3 Å². The van der Waals surface area contributed by atoms with Crippen molar-refractivity contribution in [1.82, 2.24) is 9.78 Å². The molecule has 1 rings (SSSR count). The standard InChI is InChI=1S/C9H14N2O3/c1-6-7(8(12)13)4-10-11(6)5-9(2,3)14/h4,14H,5H2,1-3H3,(H,12,13). The first-order valence-corrected chi connectivity index (χ1v) is 4.29. The Hall–Kier alpha value is -1.36. The van der Waals surface area contributed by atoms with Crippen molar-refractivity contribution in [3.05, 3.63) is 17.5 Å². The van der Waals surface area contributed by atoms with Crippen LogP contribution in [0.3, 0.4) is 0 Å². The Morgan fingerprint density at radius 2 is 2.21 bits per heavy atom. The third-order valence-corrected chi connectivity index (χ3v) is 1.87. The first-order chi connectivity index (χ1) is 6.31. The molecule has 0 unspecified atom stereocenters. The van der Waals surface area contributed by atoms with Crippen LogP contribution in [0, 0.1) is 6.92 Å². The number of carboxylic acids is 1. The van der Waals surface area contributed by atoms with Crippen LogP contribution < -0.4 is 0 Å². The summed E-state index contributed by atoms with van der Waals surface area (Å²) in [5, 5.41) is 22.2. The predicted molar refractivity (Wildman–Crippen MR) is 50.2 cm³/mol. The molecule has 0 aliphatic carbocycles. The van der Waals surface area contributed by atoms with Crippen LogP contribution in [0.15, 0.2) is 6.20 Å². The van der Waals surface area contributed by atoms with E-state index in [9.17, 15) is 9.90 Å². The van der Waals surface area contributed by atoms with E-state index in [1.807, 2.05) is 0 Å². The second-order valence-electron chi connectivity index (χ2n) is 3.92. The molecule has 0 atom stereocenters. The first-order valence-electron chi connectivity index (χ1n) is 4.29. The van der Waals surface area contributed by atoms with Crippen LogP contribution in [-0.4, -0.2) is 31.6 Å². The van der Waals surface area contributed by atoms with E-state index < -0.39 is 11.6 Å². The molecule has 0 amide bonds. The maximum Gasteiger partial charge on any atom is 0.339 e. The smallest absolute Gasteiger partial charge is 0.339 e. The Balaban J connectivity index is 2.96. The van der Waals surface area contributed by atoms with Crippen molar-refractivity contribution in [3.8, 4) is 0 Å². The van der Waals surface area contributed by atoms with Crippen molar-refractivity contribution in [2.75, 3.05) is 0 Å². The maximum atomic E-state index is 10.7. The van der Waals surface area contributed by atoms with E-state index in [-0.39, 0.29) is 12.1 Å². The Labute approximate surface area is 82.0 Å². The van der Waals surface area contributed by atoms with Crippen molar-refractivity contribution >= 4 is 5.97 Å². The molecule has 0 saturated carbocycles. The minimum absolute atomic E-state index is 0.175. The van der Waals surface area contributed by atoms with Crippen molar-refractivity contribution < 1.29 is 15.0 Å². The molecule has 0 spiro atoms. The number of aromatic nitrogens is 2. The highest BCUT2D eigenvalue weighted by Crippen LogP contribution is 2.11. The van der Waals surface area contributed by atoms with Crippen LogP contribution in [0.25, 0.3) is 0 Å². The summed E-state index contributed by atoms with van der Waals surface area (Å²) in [4.78, 5) is 10.7. The fourth-order valence-corrected chi connectivity index (χ4v) is 1.18. The van der Waals surface area contributed by atoms with Gasteiger partial charge in [-0.15, -0.1) is 0 Å². The number of rotatable bonds is 3. The molecule has 1 aromatic rings. The number of hydrogen-bond acceptors (Lipinski definition) is 3. The van der Waals surface area contributed by atoms with Gasteiger partial charge in [0.25, 0.3) is 0 Å². The summed E-state index contributed by atoms with van der Waals surface area (Å²) in [5.41, 5.74) is -0.166. The van der Waals surface area contributed by atoms with Gasteiger partial charge in [0.2, 0.25) is 0 Å². The molecule has 0 aliphatic heterocycles. The summed E-state index contributed by atoms with van der Waals surface area (Å²) in [6.07, 6.45) is 1.30. The van der Waals surface area contributed by atoms with E-state index in [4.69, 9.17) is 5.11 Å². The summed E-state index contributed by atoms with van der Waals surface area (Å²) in [5.74, 6) is -0.996. The third kappa shape index (κ3) is 2.32. The van der Waals surface area contributed by atoms with E-state index in [1.54, 1.807) is 20.8 Å². The highest BCUT2D eigenvalue weighted by Gasteiger charge is 2.18. The molecule has 1 aromatic heterocycles. The number of carboxylic acid groups (broad SMARTS) is 1. The van der Waals surface area contributed by atoms with Crippen LogP contribution in [0.4, 0.5) is 0 Å². The minimum atomic E-state index is -0.996. The molecule has 5 heteroatoms. The lowest BCUT2D eigenvalue weighted by Gasteiger charge is -2.17. The monoisotopic (exact) mass is 198 g/mol. The Morgan fingerprint density at radius 3 is 2.57 bits per heavy atom. The van der Waals surface area contributed by atoms with Gasteiger partial charge in [-0.25, -0.2) is 4.79 Å². The number of aromatic carboxylic acids is 1. The molecule has 78 valence electrons. The van der Waals surface area contributed by atoms with Gasteiger partial charge in [-0.1, -0.05) is 0 Å². The molecule has 0 radical (unpaired) electrons. The number of aliphatic hydroxyl groups is 1. The van der Waals surface area contributed by atoms with Crippen LogP contribution in [-0.2, 0) is 6.54 Å². The number of hydrogen-bond donors (Lipinski definition) is 2. The zero-order valence-electron chi connectivity index (χ0n) is 8.48. The molecule has 0 saturated heterocycles. The highest BCUT2D eigenvalue weighted by atomic mass is 16.4. The number of carbonyl (C=O) groups is 1. The summed E-state index contributed by atoms with van der Waals surface area (Å²) < 4.78 is 1.49. The van der Waals surface area contributed by atoms with Crippen LogP contribution in [0.5, 0.6) is 0 Å². The van der Waals surface area contributed by atoms with Crippen LogP contribution >= 0.6 is 0 Å². The van der Waals surface area contributed by atoms with Gasteiger partial charge in [-0.3, -0.25) is 4.68 Å². The Bertz CT molecular complexity index is 349. The summed E-state index contributed by atoms with van der Waals surface area (Å²) in [6, 6.07) is 0. The van der Waals surface area contributed by atoms with E-state index >= 15 is 0 Å². The molecule has 1 heterocycles. The fraction of sp³-hybridized carbons (Fsp3) is 0.556. The topological polar surface area (TPSA) is 75.3 Å². The first kappa shape index (κ1) is 10.7. The average molecular weight is 198 g/mol. The van der Waals surface area contributed by atoms with Crippen molar-refractivity contribution in [2.45, 2.75) is 32.9 Å². The van der Waals surface area contributed by atoms with E-state index in [0.29, 0.717) is 5.69 Å². The van der Waals surface area contributed by atoms with E-state index in [2.05, 4.69) is 5.10 Å². The molecular formula is C9H14N2O3. The molecule has 0 fully saturated rings. The lowest BCUT2D eigenvalue weighted by molar-refractivity contribution is 0.0566. The molecule has 0 aromatic carbocycles. The minimum Gasteiger partial charge on any atom is -0.478 e. The van der Waals surface area contributed by atoms with Crippen molar-refractivity contribution in [3.63, 3.8) is 0 Å². The molecular weight excluding hydrogens is 184 g/mol. The van der Waals surface area contributed by atoms with E-state index in [1.165, 1.54) is 10.9 Å². The van der Waals surface area contributed by atoms with Gasteiger partial charge in [0.1, 0.15) is 5.56 Å². The highest BCUT2D eigenvalue weighted by molar-refractivity contribution is 5.88. The number of nitrogens with zero attached hydrogens (tertiary/aromatic N) is 2. The van der Waals surface area contributed by atoms with Crippen LogP contribution in [0.2, 0.25) is 0 Å². The lowest BCUT2D eigenvalue weighted by atomic mass is 10.1. The SMILES string of the molecule is Cc1c(C(=O)O)cnn1CC(C)(C)O. The summed E-state index contributed by atoms with van der Waals surface area (Å²) in [6.45, 7) is 5.25. The largest absolute Gasteiger partial charge is 0.478 e. The van der Waals surface area contributed by atoms with Crippen molar-refractivity contribution in [1.29, 1.82) is 0 Å². The van der Waals surface area contributed by atoms with Gasteiger partial charge in [0, 0.05) is 5.69 Å². The normalized spacial score (nSPS) is 11.7. The molecule has 5 nitrogen and oxygen atoms in total. The zero-order chi connectivity index (χ0) is 10.9. The summed E-state index contributed by atoms with van der Waals surface area (Å²) >= 11 is 0. The van der Waals surface area contributed by atoms with Gasteiger partial charge < -0.3 is 10.2 Å². The Morgan fingerprint density at radius 1 is 1.64 bits per heavy atom. The van der Waals surface area contributed by atoms with Crippen molar-refractivity contribution in [2.24, 2.45) is 0 Å². The lowest BCUT2D eigenvalue weighted by Crippen LogP contribution is -2.27. The van der Waals surface area contributed by atoms with Crippen LogP contribution in [0.1, 0.15) is 29.9 Å². The third-order valence-electron chi connectivity index (χ3n) is 1.87. The van der Waals surface area contributed by atoms with Gasteiger partial charge in [-0.2, -0.15) is 5.10 Å². The predicted octanol–water partition coefficient (Wildman–Crippen LogP) is 0.661. The molecule has 0 bridgehead atoms. The van der Waals surface area contributed by atoms with Gasteiger partial charge in [-0.05, 0) is 20.8 Å². The quantitative estimate of drug-likeness (QED) is 0.748. The second-order valence-corrected chi connectivity index (χ2v) is 3.92. The van der Waals surface area contributed by atoms with E-state index in [0.717, 1.165) is 0 Å². The average Bonchev–Trinajstić information content (AvgIpc) is 2.29. The second kappa shape index (κ2) is 3.42. The Kier molecular flexibility index (Phi) is 2.62. The summed E-state index contributed by atoms with van der Waals surface area (Å²) in [7, 11) is 0. The molecule has 2 N–H and O–H groups in total. The fourth-order valence-electron chi connectivity index (χ4n) is 1.18. The van der Waals surface area contributed by atoms with Gasteiger partial charge in [0.15, 0.2) is 0 Å². The molecule has 14 heavy (non-hydrogen) atoms. The maximum absolute atomic E-state index is 10.7.